The molecule has 0 atom stereocenters. The van der Waals surface area contributed by atoms with Crippen LogP contribution in [0.1, 0.15) is 11.3 Å². The Labute approximate surface area is 209 Å². The van der Waals surface area contributed by atoms with E-state index in [1.54, 1.807) is 32.2 Å². The number of likely N-dealkylation sites (N-methyl/N-ethyl adjacent to an activating group) is 1. The van der Waals surface area contributed by atoms with Gasteiger partial charge in [0.1, 0.15) is 35.7 Å². The second kappa shape index (κ2) is 9.96. The molecule has 1 aliphatic heterocycles. The van der Waals surface area contributed by atoms with Gasteiger partial charge in [-0.25, -0.2) is 13.6 Å². The minimum atomic E-state index is -0.781. The number of amides is 3. The molecule has 2 aromatic carbocycles. The second-order valence-electron chi connectivity index (χ2n) is 8.06. The van der Waals surface area contributed by atoms with Crippen molar-refractivity contribution in [2.24, 2.45) is 5.73 Å². The molecule has 2 heterocycles. The topological polar surface area (TPSA) is 110 Å². The number of carbonyl (C=O) groups is 2. The van der Waals surface area contributed by atoms with Gasteiger partial charge >= 0.3 is 6.03 Å². The van der Waals surface area contributed by atoms with E-state index in [0.29, 0.717) is 22.8 Å². The van der Waals surface area contributed by atoms with Crippen LogP contribution in [0, 0.1) is 18.6 Å². The number of primary amides is 1. The molecule has 0 spiro atoms. The highest BCUT2D eigenvalue weighted by Crippen LogP contribution is 2.38. The Morgan fingerprint density at radius 2 is 1.86 bits per heavy atom. The summed E-state index contributed by atoms with van der Waals surface area (Å²) < 4.78 is 34.0. The van der Waals surface area contributed by atoms with E-state index in [1.165, 1.54) is 26.5 Å². The first-order valence-corrected chi connectivity index (χ1v) is 11.2. The summed E-state index contributed by atoms with van der Waals surface area (Å²) in [5, 5.41) is 2.53. The number of carbonyl (C=O) groups excluding carboxylic acids is 2. The number of nitrogens with one attached hydrogen (secondary N) is 1. The van der Waals surface area contributed by atoms with Crippen molar-refractivity contribution in [2.45, 2.75) is 13.5 Å². The lowest BCUT2D eigenvalue weighted by molar-refractivity contribution is -0.117. The third-order valence-electron chi connectivity index (χ3n) is 5.67. The van der Waals surface area contributed by atoms with E-state index < -0.39 is 23.2 Å². The monoisotopic (exact) mass is 517 g/mol. The van der Waals surface area contributed by atoms with Crippen LogP contribution >= 0.6 is 11.6 Å². The fourth-order valence-corrected chi connectivity index (χ4v) is 4.13. The molecule has 0 radical (unpaired) electrons. The molecule has 188 valence electrons. The van der Waals surface area contributed by atoms with Crippen molar-refractivity contribution in [3.63, 3.8) is 0 Å². The minimum absolute atomic E-state index is 0.0295. The van der Waals surface area contributed by atoms with Crippen LogP contribution in [0.4, 0.5) is 25.0 Å². The van der Waals surface area contributed by atoms with Crippen molar-refractivity contribution in [1.82, 2.24) is 9.88 Å². The van der Waals surface area contributed by atoms with E-state index in [4.69, 9.17) is 22.1 Å². The van der Waals surface area contributed by atoms with Gasteiger partial charge in [0, 0.05) is 23.4 Å². The van der Waals surface area contributed by atoms with E-state index in [0.717, 1.165) is 12.1 Å². The summed E-state index contributed by atoms with van der Waals surface area (Å²) in [6.07, 6.45) is 0. The normalized spacial score (nSPS) is 12.6. The molecule has 36 heavy (non-hydrogen) atoms. The third-order valence-corrected chi connectivity index (χ3v) is 6.02. The maximum absolute atomic E-state index is 13.9. The number of halogens is 3. The van der Waals surface area contributed by atoms with Crippen LogP contribution in [0.25, 0.3) is 5.69 Å². The highest BCUT2D eigenvalue weighted by molar-refractivity contribution is 6.31. The lowest BCUT2D eigenvalue weighted by atomic mass is 10.2. The van der Waals surface area contributed by atoms with Gasteiger partial charge in [-0.2, -0.15) is 0 Å². The zero-order valence-electron chi connectivity index (χ0n) is 19.3. The van der Waals surface area contributed by atoms with Gasteiger partial charge in [-0.3, -0.25) is 24.0 Å². The number of benzene rings is 2. The van der Waals surface area contributed by atoms with Crippen molar-refractivity contribution in [1.29, 1.82) is 0 Å². The Morgan fingerprint density at radius 1 is 1.11 bits per heavy atom. The van der Waals surface area contributed by atoms with Crippen molar-refractivity contribution in [2.75, 3.05) is 30.1 Å². The summed E-state index contributed by atoms with van der Waals surface area (Å²) in [5.74, 6) is -1.76. The van der Waals surface area contributed by atoms with Crippen LogP contribution in [-0.4, -0.2) is 36.8 Å². The summed E-state index contributed by atoms with van der Waals surface area (Å²) in [6, 6.07) is 8.64. The van der Waals surface area contributed by atoms with Crippen LogP contribution in [0.15, 0.2) is 47.3 Å². The molecule has 0 saturated carbocycles. The average Bonchev–Trinajstić information content (AvgIpc) is 3.21. The molecule has 3 N–H and O–H groups in total. The predicted molar refractivity (Wildman–Crippen MR) is 131 cm³/mol. The molecule has 12 heteroatoms. The standard InChI is InChI=1S/C24H22ClF2N5O4/c1-13-7-20(36-11-14-3-4-15(26)8-17(14)27)22(25)23(34)32(13)16-5-6-18-19(9-16)30(21(33)10-29-2)12-31(18)24(28)35/h3-9,29H,10-12H2,1-2H3,(H2,28,35). The first-order valence-electron chi connectivity index (χ1n) is 10.8. The first-order chi connectivity index (χ1) is 17.1. The Bertz CT molecular complexity index is 1430. The van der Waals surface area contributed by atoms with Gasteiger partial charge in [0.2, 0.25) is 5.91 Å². The van der Waals surface area contributed by atoms with Crippen LogP contribution in [0.5, 0.6) is 5.75 Å². The molecule has 1 aliphatic rings. The summed E-state index contributed by atoms with van der Waals surface area (Å²) in [7, 11) is 1.62. The van der Waals surface area contributed by atoms with Gasteiger partial charge in [0.15, 0.2) is 0 Å². The van der Waals surface area contributed by atoms with Crippen molar-refractivity contribution in [3.05, 3.63) is 80.7 Å². The molecule has 4 rings (SSSR count). The fourth-order valence-electron chi connectivity index (χ4n) is 3.94. The van der Waals surface area contributed by atoms with Gasteiger partial charge < -0.3 is 15.8 Å². The number of aryl methyl sites for hydroxylation is 1. The van der Waals surface area contributed by atoms with Crippen LogP contribution in [-0.2, 0) is 11.4 Å². The highest BCUT2D eigenvalue weighted by atomic mass is 35.5. The predicted octanol–water partition coefficient (Wildman–Crippen LogP) is 3.07. The molecule has 0 aliphatic carbocycles. The highest BCUT2D eigenvalue weighted by Gasteiger charge is 2.33. The lowest BCUT2D eigenvalue weighted by Crippen LogP contribution is -2.43. The first kappa shape index (κ1) is 25.1. The van der Waals surface area contributed by atoms with E-state index in [2.05, 4.69) is 5.32 Å². The number of ether oxygens (including phenoxy) is 1. The smallest absolute Gasteiger partial charge is 0.320 e. The summed E-state index contributed by atoms with van der Waals surface area (Å²) in [6.45, 7) is 1.35. The van der Waals surface area contributed by atoms with Crippen molar-refractivity contribution >= 4 is 34.9 Å². The van der Waals surface area contributed by atoms with Gasteiger partial charge in [-0.15, -0.1) is 0 Å². The SMILES string of the molecule is CNCC(=O)N1CN(C(N)=O)c2ccc(-n3c(C)cc(OCc4ccc(F)cc4F)c(Cl)c3=O)cc21. The van der Waals surface area contributed by atoms with Crippen molar-refractivity contribution < 1.29 is 23.1 Å². The summed E-state index contributed by atoms with van der Waals surface area (Å²) in [5.41, 5.74) is 6.62. The molecule has 3 amide bonds. The summed E-state index contributed by atoms with van der Waals surface area (Å²) in [4.78, 5) is 40.3. The zero-order valence-corrected chi connectivity index (χ0v) is 20.1. The lowest BCUT2D eigenvalue weighted by Gasteiger charge is -2.18. The molecule has 0 saturated heterocycles. The number of nitrogens with two attached hydrogens (primary N) is 1. The molecule has 0 fully saturated rings. The molecular weight excluding hydrogens is 496 g/mol. The maximum Gasteiger partial charge on any atom is 0.320 e. The Morgan fingerprint density at radius 3 is 2.53 bits per heavy atom. The van der Waals surface area contributed by atoms with Crippen LogP contribution in [0.2, 0.25) is 5.02 Å². The van der Waals surface area contributed by atoms with E-state index in [-0.39, 0.29) is 42.1 Å². The van der Waals surface area contributed by atoms with Gasteiger partial charge in [-0.1, -0.05) is 11.6 Å². The Kier molecular flexibility index (Phi) is 6.95. The number of aromatic nitrogens is 1. The molecular formula is C24H22ClF2N5O4. The van der Waals surface area contributed by atoms with Crippen LogP contribution < -0.4 is 31.1 Å². The maximum atomic E-state index is 13.9. The summed E-state index contributed by atoms with van der Waals surface area (Å²) >= 11 is 6.30. The van der Waals surface area contributed by atoms with E-state index in [1.807, 2.05) is 0 Å². The number of pyridine rings is 1. The number of anilines is 2. The largest absolute Gasteiger partial charge is 0.487 e. The average molecular weight is 518 g/mol. The van der Waals surface area contributed by atoms with E-state index >= 15 is 0 Å². The van der Waals surface area contributed by atoms with Gasteiger partial charge in [0.05, 0.1) is 23.6 Å². The van der Waals surface area contributed by atoms with Gasteiger partial charge in [0.25, 0.3) is 5.56 Å². The molecule has 0 bridgehead atoms. The van der Waals surface area contributed by atoms with Gasteiger partial charge in [-0.05, 0) is 44.3 Å². The second-order valence-corrected chi connectivity index (χ2v) is 8.44. The fraction of sp³-hybridized carbons (Fsp3) is 0.208. The quantitative estimate of drug-likeness (QED) is 0.522. The molecule has 1 aromatic heterocycles. The number of nitrogens with zero attached hydrogens (tertiary/aromatic N) is 3. The third kappa shape index (κ3) is 4.62. The molecule has 0 unspecified atom stereocenters. The number of hydrogen-bond acceptors (Lipinski definition) is 5. The van der Waals surface area contributed by atoms with Crippen LogP contribution in [0.3, 0.4) is 0 Å². The number of fused-ring (bicyclic) bond motifs is 1. The molecule has 9 nitrogen and oxygen atoms in total. The number of urea groups is 1. The molecule has 3 aromatic rings. The Hall–Kier alpha value is -3.96. The minimum Gasteiger partial charge on any atom is -0.487 e. The van der Waals surface area contributed by atoms with Crippen molar-refractivity contribution in [3.8, 4) is 11.4 Å². The number of rotatable bonds is 6. The Balaban J connectivity index is 1.70. The number of hydrogen-bond donors (Lipinski definition) is 2. The van der Waals surface area contributed by atoms with E-state index in [9.17, 15) is 23.2 Å². The zero-order chi connectivity index (χ0) is 26.1.